The first kappa shape index (κ1) is 14.6. The van der Waals surface area contributed by atoms with Gasteiger partial charge >= 0.3 is 0 Å². The molecule has 1 saturated carbocycles. The van der Waals surface area contributed by atoms with Crippen LogP contribution < -0.4 is 5.32 Å². The van der Waals surface area contributed by atoms with E-state index in [2.05, 4.69) is 29.4 Å². The highest BCUT2D eigenvalue weighted by Crippen LogP contribution is 2.21. The minimum Gasteiger partial charge on any atom is -0.468 e. The molecule has 3 rings (SSSR count). The molecular weight excluding hydrogens is 284 g/mol. The quantitative estimate of drug-likeness (QED) is 0.843. The van der Waals surface area contributed by atoms with Crippen LogP contribution in [0.25, 0.3) is 0 Å². The van der Waals surface area contributed by atoms with Crippen molar-refractivity contribution in [1.29, 1.82) is 0 Å². The van der Waals surface area contributed by atoms with Gasteiger partial charge < -0.3 is 9.73 Å². The molecule has 0 spiro atoms. The molecule has 0 aliphatic heterocycles. The van der Waals surface area contributed by atoms with Crippen molar-refractivity contribution in [3.05, 3.63) is 58.5 Å². The fraction of sp³-hybridized carbons (Fsp3) is 0.412. The largest absolute Gasteiger partial charge is 0.468 e. The Balaban J connectivity index is 1.56. The molecule has 1 aliphatic carbocycles. The van der Waals surface area contributed by atoms with Crippen molar-refractivity contribution in [3.63, 3.8) is 0 Å². The smallest absolute Gasteiger partial charge is 0.122 e. The summed E-state index contributed by atoms with van der Waals surface area (Å²) in [4.78, 5) is 2.24. The van der Waals surface area contributed by atoms with Crippen LogP contribution in [0.4, 0.5) is 0 Å². The molecule has 4 heteroatoms. The summed E-state index contributed by atoms with van der Waals surface area (Å²) >= 11 is 6.03. The molecule has 0 bridgehead atoms. The predicted molar refractivity (Wildman–Crippen MR) is 85.2 cm³/mol. The molecule has 21 heavy (non-hydrogen) atoms. The van der Waals surface area contributed by atoms with Crippen molar-refractivity contribution < 1.29 is 4.42 Å². The zero-order valence-electron chi connectivity index (χ0n) is 12.3. The van der Waals surface area contributed by atoms with Crippen molar-refractivity contribution in [2.45, 2.75) is 38.5 Å². The van der Waals surface area contributed by atoms with Crippen LogP contribution in [0.15, 0.2) is 41.0 Å². The molecule has 0 atom stereocenters. The van der Waals surface area contributed by atoms with Gasteiger partial charge in [0.15, 0.2) is 0 Å². The molecule has 112 valence electrons. The molecule has 0 radical (unpaired) electrons. The van der Waals surface area contributed by atoms with Crippen molar-refractivity contribution >= 4 is 11.6 Å². The molecule has 1 heterocycles. The van der Waals surface area contributed by atoms with Gasteiger partial charge in [-0.3, -0.25) is 4.90 Å². The Bertz CT molecular complexity index is 592. The summed E-state index contributed by atoms with van der Waals surface area (Å²) in [6.45, 7) is 2.57. The predicted octanol–water partition coefficient (Wildman–Crippen LogP) is 3.82. The van der Waals surface area contributed by atoms with Crippen molar-refractivity contribution in [1.82, 2.24) is 10.2 Å². The van der Waals surface area contributed by atoms with Crippen LogP contribution in [0.3, 0.4) is 0 Å². The summed E-state index contributed by atoms with van der Waals surface area (Å²) in [6, 6.07) is 10.8. The number of nitrogens with zero attached hydrogens (tertiary/aromatic N) is 1. The molecule has 1 aromatic heterocycles. The monoisotopic (exact) mass is 304 g/mol. The average molecular weight is 305 g/mol. The number of halogens is 1. The van der Waals surface area contributed by atoms with Gasteiger partial charge in [-0.05, 0) is 43.7 Å². The molecule has 0 saturated heterocycles. The second kappa shape index (κ2) is 6.65. The second-order valence-electron chi connectivity index (χ2n) is 5.83. The molecule has 0 unspecified atom stereocenters. The van der Waals surface area contributed by atoms with E-state index < -0.39 is 0 Å². The summed E-state index contributed by atoms with van der Waals surface area (Å²) < 4.78 is 5.64. The van der Waals surface area contributed by atoms with Gasteiger partial charge in [0.05, 0.1) is 12.8 Å². The summed E-state index contributed by atoms with van der Waals surface area (Å²) in [5.74, 6) is 1.05. The molecule has 3 nitrogen and oxygen atoms in total. The third kappa shape index (κ3) is 4.34. The van der Waals surface area contributed by atoms with Crippen molar-refractivity contribution in [3.8, 4) is 0 Å². The Hall–Kier alpha value is -1.29. The van der Waals surface area contributed by atoms with Crippen LogP contribution in [-0.2, 0) is 19.6 Å². The minimum atomic E-state index is 0.719. The van der Waals surface area contributed by atoms with Gasteiger partial charge in [0.1, 0.15) is 5.76 Å². The van der Waals surface area contributed by atoms with Crippen LogP contribution in [0, 0.1) is 0 Å². The van der Waals surface area contributed by atoms with Crippen LogP contribution in [0.2, 0.25) is 5.02 Å². The first-order valence-corrected chi connectivity index (χ1v) is 7.80. The van der Waals surface area contributed by atoms with Gasteiger partial charge in [-0.2, -0.15) is 0 Å². The maximum atomic E-state index is 6.03. The lowest BCUT2D eigenvalue weighted by Gasteiger charge is -2.16. The van der Waals surface area contributed by atoms with Gasteiger partial charge in [0.2, 0.25) is 0 Å². The second-order valence-corrected chi connectivity index (χ2v) is 6.26. The van der Waals surface area contributed by atoms with E-state index in [1.54, 1.807) is 6.26 Å². The first-order valence-electron chi connectivity index (χ1n) is 7.42. The van der Waals surface area contributed by atoms with Gasteiger partial charge in [-0.25, -0.2) is 0 Å². The van der Waals surface area contributed by atoms with Gasteiger partial charge in [-0.1, -0.05) is 23.7 Å². The fourth-order valence-electron chi connectivity index (χ4n) is 2.45. The van der Waals surface area contributed by atoms with Crippen molar-refractivity contribution in [2.24, 2.45) is 0 Å². The van der Waals surface area contributed by atoms with E-state index in [1.807, 2.05) is 18.2 Å². The number of hydrogen-bond acceptors (Lipinski definition) is 3. The van der Waals surface area contributed by atoms with Crippen LogP contribution in [0.5, 0.6) is 0 Å². The maximum absolute atomic E-state index is 6.03. The zero-order valence-corrected chi connectivity index (χ0v) is 13.1. The number of nitrogens with one attached hydrogen (secondary N) is 1. The zero-order chi connectivity index (χ0) is 14.7. The molecule has 0 amide bonds. The normalized spacial score (nSPS) is 14.8. The highest BCUT2D eigenvalue weighted by molar-refractivity contribution is 6.30. The number of benzene rings is 1. The third-order valence-corrected chi connectivity index (χ3v) is 3.99. The third-order valence-electron chi connectivity index (χ3n) is 3.75. The average Bonchev–Trinajstić information content (AvgIpc) is 3.17. The van der Waals surface area contributed by atoms with Gasteiger partial charge in [0, 0.05) is 29.7 Å². The van der Waals surface area contributed by atoms with Crippen LogP contribution >= 0.6 is 11.6 Å². The molecule has 1 N–H and O–H groups in total. The Morgan fingerprint density at radius 3 is 2.90 bits per heavy atom. The topological polar surface area (TPSA) is 28.4 Å². The fourth-order valence-corrected chi connectivity index (χ4v) is 2.67. The molecule has 2 aromatic rings. The Morgan fingerprint density at radius 1 is 1.29 bits per heavy atom. The summed E-state index contributed by atoms with van der Waals surface area (Å²) in [5.41, 5.74) is 2.48. The van der Waals surface area contributed by atoms with E-state index in [9.17, 15) is 0 Å². The SMILES string of the molecule is CN(Cc1cccc(Cl)c1)Cc1occc1CNC1CC1. The maximum Gasteiger partial charge on any atom is 0.122 e. The van der Waals surface area contributed by atoms with E-state index >= 15 is 0 Å². The Labute approximate surface area is 130 Å². The van der Waals surface area contributed by atoms with E-state index in [4.69, 9.17) is 16.0 Å². The van der Waals surface area contributed by atoms with Crippen LogP contribution in [0.1, 0.15) is 29.7 Å². The van der Waals surface area contributed by atoms with Crippen LogP contribution in [-0.4, -0.2) is 18.0 Å². The van der Waals surface area contributed by atoms with E-state index in [0.29, 0.717) is 0 Å². The van der Waals surface area contributed by atoms with Crippen molar-refractivity contribution in [2.75, 3.05) is 7.05 Å². The minimum absolute atomic E-state index is 0.719. The van der Waals surface area contributed by atoms with E-state index in [0.717, 1.165) is 36.5 Å². The molecule has 1 aliphatic rings. The first-order chi connectivity index (χ1) is 10.2. The Kier molecular flexibility index (Phi) is 4.63. The summed E-state index contributed by atoms with van der Waals surface area (Å²) in [7, 11) is 2.10. The highest BCUT2D eigenvalue weighted by atomic mass is 35.5. The summed E-state index contributed by atoms with van der Waals surface area (Å²) in [5, 5.41) is 4.32. The van der Waals surface area contributed by atoms with Gasteiger partial charge in [0.25, 0.3) is 0 Å². The molecular formula is C17H21ClN2O. The van der Waals surface area contributed by atoms with Gasteiger partial charge in [-0.15, -0.1) is 0 Å². The number of furan rings is 1. The number of hydrogen-bond donors (Lipinski definition) is 1. The molecule has 1 fully saturated rings. The standard InChI is InChI=1S/C17H21ClN2O/c1-20(11-13-3-2-4-15(18)9-13)12-17-14(7-8-21-17)10-19-16-5-6-16/h2-4,7-9,16,19H,5-6,10-12H2,1H3. The lowest BCUT2D eigenvalue weighted by molar-refractivity contribution is 0.286. The molecule has 1 aromatic carbocycles. The Morgan fingerprint density at radius 2 is 2.14 bits per heavy atom. The lowest BCUT2D eigenvalue weighted by atomic mass is 10.2. The summed E-state index contributed by atoms with van der Waals surface area (Å²) in [6.07, 6.45) is 4.40. The van der Waals surface area contributed by atoms with E-state index in [1.165, 1.54) is 24.0 Å². The highest BCUT2D eigenvalue weighted by Gasteiger charge is 2.21. The van der Waals surface area contributed by atoms with E-state index in [-0.39, 0.29) is 0 Å². The number of rotatable bonds is 7. The lowest BCUT2D eigenvalue weighted by Crippen LogP contribution is -2.20.